The monoisotopic (exact) mass is 509 g/mol. The number of amides is 1. The molecule has 1 amide bonds. The van der Waals surface area contributed by atoms with E-state index in [1.54, 1.807) is 31.2 Å². The van der Waals surface area contributed by atoms with Crippen molar-refractivity contribution in [1.82, 2.24) is 9.29 Å². The number of carboxylic acid groups (broad SMARTS) is 1. The molecule has 1 aliphatic heterocycles. The van der Waals surface area contributed by atoms with E-state index in [4.69, 9.17) is 16.0 Å². The number of oxazole rings is 1. The number of benzene rings is 1. The Morgan fingerprint density at radius 2 is 2.00 bits per heavy atom. The molecule has 0 atom stereocenters. The molecular weight excluding hydrogens is 490 g/mol. The molecule has 0 saturated carbocycles. The Labute approximate surface area is 199 Å². The molecule has 0 fully saturated rings. The third-order valence-corrected chi connectivity index (χ3v) is 9.25. The van der Waals surface area contributed by atoms with Crippen molar-refractivity contribution >= 4 is 50.0 Å². The van der Waals surface area contributed by atoms with Crippen LogP contribution in [0.25, 0.3) is 10.8 Å². The van der Waals surface area contributed by atoms with E-state index in [0.717, 1.165) is 21.2 Å². The summed E-state index contributed by atoms with van der Waals surface area (Å²) in [5, 5.41) is 10.4. The number of carbonyl (C=O) groups excluding carboxylic acids is 1. The van der Waals surface area contributed by atoms with Crippen LogP contribution in [-0.4, -0.2) is 46.8 Å². The molecule has 0 unspecified atom stereocenters. The molecule has 3 heterocycles. The summed E-state index contributed by atoms with van der Waals surface area (Å²) in [6, 6.07) is 7.04. The number of carbonyl (C=O) groups is 2. The van der Waals surface area contributed by atoms with Gasteiger partial charge in [-0.15, -0.1) is 11.3 Å². The van der Waals surface area contributed by atoms with Crippen LogP contribution < -0.4 is 4.31 Å². The first-order valence-electron chi connectivity index (χ1n) is 9.85. The molecule has 0 aliphatic carbocycles. The van der Waals surface area contributed by atoms with Gasteiger partial charge in [-0.1, -0.05) is 29.8 Å². The highest BCUT2D eigenvalue weighted by atomic mass is 35.5. The van der Waals surface area contributed by atoms with Crippen molar-refractivity contribution in [3.8, 4) is 10.8 Å². The minimum Gasteiger partial charge on any atom is -0.479 e. The van der Waals surface area contributed by atoms with E-state index >= 15 is 0 Å². The van der Waals surface area contributed by atoms with E-state index in [1.165, 1.54) is 26.3 Å². The maximum Gasteiger partial charge on any atom is 0.330 e. The lowest BCUT2D eigenvalue weighted by Crippen LogP contribution is -2.62. The summed E-state index contributed by atoms with van der Waals surface area (Å²) in [4.78, 5) is 30.0. The fourth-order valence-corrected chi connectivity index (χ4v) is 7.22. The lowest BCUT2D eigenvalue weighted by Gasteiger charge is -2.41. The number of fused-ring (bicyclic) bond motifs is 1. The van der Waals surface area contributed by atoms with Crippen molar-refractivity contribution in [3.63, 3.8) is 0 Å². The fourth-order valence-electron chi connectivity index (χ4n) is 3.64. The Balaban J connectivity index is 1.89. The SMILES string of the molecule is Cc1c(-c2ncco2)sc2c1C(=O)N(C(C)(C)C(=O)O)S(=O)(=O)N2CCc1ccccc1Cl. The zero-order valence-corrected chi connectivity index (χ0v) is 20.3. The Morgan fingerprint density at radius 3 is 2.61 bits per heavy atom. The third kappa shape index (κ3) is 3.69. The van der Waals surface area contributed by atoms with Gasteiger partial charge in [0.25, 0.3) is 5.91 Å². The van der Waals surface area contributed by atoms with Crippen LogP contribution in [0.4, 0.5) is 5.00 Å². The lowest BCUT2D eigenvalue weighted by molar-refractivity contribution is -0.145. The Hall–Kier alpha value is -2.89. The van der Waals surface area contributed by atoms with Gasteiger partial charge in [-0.3, -0.25) is 4.79 Å². The van der Waals surface area contributed by atoms with E-state index in [-0.39, 0.29) is 29.4 Å². The van der Waals surface area contributed by atoms with Gasteiger partial charge in [0.1, 0.15) is 11.3 Å². The van der Waals surface area contributed by atoms with Gasteiger partial charge in [-0.2, -0.15) is 8.42 Å². The summed E-state index contributed by atoms with van der Waals surface area (Å²) in [5.41, 5.74) is -0.728. The highest BCUT2D eigenvalue weighted by molar-refractivity contribution is 7.91. The average Bonchev–Trinajstić information content (AvgIpc) is 3.36. The van der Waals surface area contributed by atoms with E-state index in [9.17, 15) is 23.1 Å². The molecule has 4 rings (SSSR count). The summed E-state index contributed by atoms with van der Waals surface area (Å²) < 4.78 is 34.2. The molecular formula is C21H20ClN3O6S2. The van der Waals surface area contributed by atoms with Crippen LogP contribution in [0.3, 0.4) is 0 Å². The molecule has 0 spiro atoms. The van der Waals surface area contributed by atoms with Crippen LogP contribution in [0, 0.1) is 6.92 Å². The quantitative estimate of drug-likeness (QED) is 0.533. The first-order chi connectivity index (χ1) is 15.5. The van der Waals surface area contributed by atoms with Crippen LogP contribution in [0.5, 0.6) is 0 Å². The predicted molar refractivity (Wildman–Crippen MR) is 124 cm³/mol. The average molecular weight is 510 g/mol. The Morgan fingerprint density at radius 1 is 1.30 bits per heavy atom. The number of aliphatic carboxylic acids is 1. The number of anilines is 1. The standard InChI is InChI=1S/C21H20ClN3O6S2/c1-12-15-18(26)25(21(2,3)20(27)28)33(29,30)24(10-8-13-6-4-5-7-14(13)22)19(15)32-16(12)17-23-9-11-31-17/h4-7,9,11H,8,10H2,1-3H3,(H,27,28). The van der Waals surface area contributed by atoms with Gasteiger partial charge in [-0.05, 0) is 44.4 Å². The second kappa shape index (κ2) is 8.15. The van der Waals surface area contributed by atoms with Crippen LogP contribution in [0.1, 0.15) is 35.3 Å². The number of nitrogens with zero attached hydrogens (tertiary/aromatic N) is 3. The summed E-state index contributed by atoms with van der Waals surface area (Å²) >= 11 is 7.30. The zero-order valence-electron chi connectivity index (χ0n) is 17.9. The van der Waals surface area contributed by atoms with Gasteiger partial charge < -0.3 is 9.52 Å². The van der Waals surface area contributed by atoms with E-state index < -0.39 is 27.6 Å². The van der Waals surface area contributed by atoms with Gasteiger partial charge in [0.15, 0.2) is 5.54 Å². The number of rotatable bonds is 6. The number of carboxylic acids is 1. The molecule has 9 nitrogen and oxygen atoms in total. The first-order valence-corrected chi connectivity index (χ1v) is 12.4. The van der Waals surface area contributed by atoms with Crippen LogP contribution >= 0.6 is 22.9 Å². The molecule has 2 aromatic heterocycles. The van der Waals surface area contributed by atoms with Crippen molar-refractivity contribution in [2.24, 2.45) is 0 Å². The van der Waals surface area contributed by atoms with Crippen molar-refractivity contribution in [3.05, 3.63) is 58.4 Å². The number of thiophene rings is 1. The fraction of sp³-hybridized carbons (Fsp3) is 0.286. The number of aromatic nitrogens is 1. The maximum absolute atomic E-state index is 13.7. The van der Waals surface area contributed by atoms with Crippen molar-refractivity contribution < 1.29 is 27.5 Å². The molecule has 1 aromatic carbocycles. The van der Waals surface area contributed by atoms with Crippen molar-refractivity contribution in [2.45, 2.75) is 32.7 Å². The molecule has 174 valence electrons. The molecule has 3 aromatic rings. The van der Waals surface area contributed by atoms with E-state index in [2.05, 4.69) is 4.98 Å². The summed E-state index contributed by atoms with van der Waals surface area (Å²) in [7, 11) is -4.53. The molecule has 12 heteroatoms. The van der Waals surface area contributed by atoms with Crippen LogP contribution in [0.2, 0.25) is 5.02 Å². The minimum atomic E-state index is -4.53. The third-order valence-electron chi connectivity index (χ3n) is 5.46. The number of hydrogen-bond acceptors (Lipinski definition) is 7. The first kappa shape index (κ1) is 23.3. The van der Waals surface area contributed by atoms with Gasteiger partial charge in [0.05, 0.1) is 16.6 Å². The smallest absolute Gasteiger partial charge is 0.330 e. The molecule has 0 saturated heterocycles. The molecule has 0 bridgehead atoms. The Kier molecular flexibility index (Phi) is 5.75. The second-order valence-electron chi connectivity index (χ2n) is 7.93. The van der Waals surface area contributed by atoms with Crippen molar-refractivity contribution in [1.29, 1.82) is 0 Å². The molecule has 33 heavy (non-hydrogen) atoms. The maximum atomic E-state index is 13.7. The second-order valence-corrected chi connectivity index (χ2v) is 11.0. The number of halogens is 1. The van der Waals surface area contributed by atoms with Crippen LogP contribution in [-0.2, 0) is 21.4 Å². The van der Waals surface area contributed by atoms with Gasteiger partial charge in [-0.25, -0.2) is 18.4 Å². The molecule has 1 N–H and O–H groups in total. The molecule has 1 aliphatic rings. The highest BCUT2D eigenvalue weighted by Gasteiger charge is 2.53. The van der Waals surface area contributed by atoms with Crippen LogP contribution in [0.15, 0.2) is 41.1 Å². The normalized spacial score (nSPS) is 15.6. The lowest BCUT2D eigenvalue weighted by atomic mass is 10.0. The highest BCUT2D eigenvalue weighted by Crippen LogP contribution is 2.47. The van der Waals surface area contributed by atoms with Gasteiger partial charge in [0, 0.05) is 11.6 Å². The topological polar surface area (TPSA) is 121 Å². The Bertz CT molecular complexity index is 1350. The van der Waals surface area contributed by atoms with E-state index in [1.807, 2.05) is 0 Å². The van der Waals surface area contributed by atoms with Crippen molar-refractivity contribution in [2.75, 3.05) is 10.8 Å². The zero-order chi connectivity index (χ0) is 24.1. The largest absolute Gasteiger partial charge is 0.479 e. The minimum absolute atomic E-state index is 0.0521. The van der Waals surface area contributed by atoms with Gasteiger partial charge in [0.2, 0.25) is 5.89 Å². The van der Waals surface area contributed by atoms with Gasteiger partial charge >= 0.3 is 16.2 Å². The number of hydrogen-bond donors (Lipinski definition) is 1. The summed E-state index contributed by atoms with van der Waals surface area (Å²) in [6.45, 7) is 3.96. The summed E-state index contributed by atoms with van der Waals surface area (Å²) in [6.07, 6.45) is 3.07. The van der Waals surface area contributed by atoms with E-state index in [0.29, 0.717) is 19.8 Å². The predicted octanol–water partition coefficient (Wildman–Crippen LogP) is 3.98. The molecule has 0 radical (unpaired) electrons. The summed E-state index contributed by atoms with van der Waals surface area (Å²) in [5.74, 6) is -2.11.